The molecule has 2 aromatic rings. The van der Waals surface area contributed by atoms with E-state index in [0.717, 1.165) is 28.7 Å². The summed E-state index contributed by atoms with van der Waals surface area (Å²) in [6.07, 6.45) is 5.81. The van der Waals surface area contributed by atoms with Gasteiger partial charge in [-0.15, -0.1) is 0 Å². The average molecular weight is 479 g/mol. The molecule has 0 radical (unpaired) electrons. The van der Waals surface area contributed by atoms with Crippen LogP contribution in [0.1, 0.15) is 42.9 Å². The van der Waals surface area contributed by atoms with E-state index in [2.05, 4.69) is 56.5 Å². The molecular weight excluding hydrogens is 440 g/mol. The van der Waals surface area contributed by atoms with Gasteiger partial charge in [-0.1, -0.05) is 75.4 Å². The lowest BCUT2D eigenvalue weighted by Crippen LogP contribution is -2.16. The molecule has 0 aliphatic heterocycles. The lowest BCUT2D eigenvalue weighted by molar-refractivity contribution is -0.139. The van der Waals surface area contributed by atoms with Gasteiger partial charge >= 0.3 is 11.9 Å². The van der Waals surface area contributed by atoms with Crippen LogP contribution in [0.5, 0.6) is 0 Å². The fraction of sp³-hybridized carbons (Fsp3) is 0.379. The number of benzene rings is 2. The molecule has 0 aromatic heterocycles. The number of carbonyl (C=O) groups excluding carboxylic acids is 2. The molecule has 0 saturated heterocycles. The smallest absolute Gasteiger partial charge is 0.334 e. The Bertz CT molecular complexity index is 960. The zero-order chi connectivity index (χ0) is 25.6. The van der Waals surface area contributed by atoms with Crippen molar-refractivity contribution in [1.29, 1.82) is 0 Å². The molecular formula is C29H38N2O4. The normalized spacial score (nSPS) is 10.6. The van der Waals surface area contributed by atoms with Crippen LogP contribution in [0.2, 0.25) is 0 Å². The molecule has 2 rings (SSSR count). The van der Waals surface area contributed by atoms with Crippen molar-refractivity contribution in [3.05, 3.63) is 83.5 Å². The molecule has 35 heavy (non-hydrogen) atoms. The van der Waals surface area contributed by atoms with Crippen LogP contribution < -0.4 is 11.5 Å². The largest absolute Gasteiger partial charge is 0.462 e. The Morgan fingerprint density at radius 3 is 1.69 bits per heavy atom. The van der Waals surface area contributed by atoms with Crippen LogP contribution in [-0.4, -0.2) is 38.2 Å². The molecule has 0 saturated carbocycles. The Morgan fingerprint density at radius 1 is 0.714 bits per heavy atom. The van der Waals surface area contributed by atoms with Crippen LogP contribution >= 0.6 is 0 Å². The predicted octanol–water partition coefficient (Wildman–Crippen LogP) is 4.29. The van der Waals surface area contributed by atoms with Crippen molar-refractivity contribution in [2.45, 2.75) is 45.4 Å². The van der Waals surface area contributed by atoms with Gasteiger partial charge in [0.25, 0.3) is 0 Å². The molecule has 188 valence electrons. The van der Waals surface area contributed by atoms with E-state index in [1.807, 2.05) is 6.07 Å². The SMILES string of the molecule is C=C(CN)C(=O)OCCc1cc(CCOC(=O)C(=C)CN)cc(-c2ccc(CCCCC)cc2)c1. The highest BCUT2D eigenvalue weighted by Crippen LogP contribution is 2.24. The Hall–Kier alpha value is -3.22. The van der Waals surface area contributed by atoms with E-state index < -0.39 is 11.9 Å². The summed E-state index contributed by atoms with van der Waals surface area (Å²) in [6.45, 7) is 10.0. The standard InChI is InChI=1S/C29H38N2O4/c1-4-5-6-7-23-8-10-26(11-9-23)27-17-24(12-14-34-28(32)21(2)19-30)16-25(18-27)13-15-35-29(33)22(3)20-31/h8-11,16-18H,2-7,12-15,19-20,30-31H2,1H3. The summed E-state index contributed by atoms with van der Waals surface area (Å²) >= 11 is 0. The second-order valence-corrected chi connectivity index (χ2v) is 8.58. The number of rotatable bonds is 15. The lowest BCUT2D eigenvalue weighted by Gasteiger charge is -2.12. The first kappa shape index (κ1) is 28.0. The number of hydrogen-bond donors (Lipinski definition) is 2. The summed E-state index contributed by atoms with van der Waals surface area (Å²) < 4.78 is 10.6. The van der Waals surface area contributed by atoms with Gasteiger partial charge in [-0.05, 0) is 40.7 Å². The topological polar surface area (TPSA) is 105 Å². The van der Waals surface area contributed by atoms with Gasteiger partial charge in [0, 0.05) is 37.1 Å². The van der Waals surface area contributed by atoms with E-state index in [-0.39, 0.29) is 37.4 Å². The van der Waals surface area contributed by atoms with Gasteiger partial charge in [0.2, 0.25) is 0 Å². The number of ether oxygens (including phenoxy) is 2. The van der Waals surface area contributed by atoms with Crippen LogP contribution in [0.3, 0.4) is 0 Å². The predicted molar refractivity (Wildman–Crippen MR) is 141 cm³/mol. The van der Waals surface area contributed by atoms with E-state index in [9.17, 15) is 9.59 Å². The van der Waals surface area contributed by atoms with E-state index in [4.69, 9.17) is 20.9 Å². The maximum Gasteiger partial charge on any atom is 0.334 e. The van der Waals surface area contributed by atoms with Crippen molar-refractivity contribution < 1.29 is 19.1 Å². The zero-order valence-corrected chi connectivity index (χ0v) is 20.8. The molecule has 0 bridgehead atoms. The molecule has 0 aliphatic rings. The summed E-state index contributed by atoms with van der Waals surface area (Å²) in [4.78, 5) is 23.7. The molecule has 0 unspecified atom stereocenters. The summed E-state index contributed by atoms with van der Waals surface area (Å²) in [6, 6.07) is 14.9. The Morgan fingerprint density at radius 2 is 1.23 bits per heavy atom. The first-order valence-electron chi connectivity index (χ1n) is 12.2. The van der Waals surface area contributed by atoms with Crippen molar-refractivity contribution in [2.24, 2.45) is 11.5 Å². The summed E-state index contributed by atoms with van der Waals surface area (Å²) in [5.74, 6) is -0.954. The molecule has 0 aliphatic carbocycles. The monoisotopic (exact) mass is 478 g/mol. The molecule has 6 nitrogen and oxygen atoms in total. The summed E-state index contributed by atoms with van der Waals surface area (Å²) in [7, 11) is 0. The van der Waals surface area contributed by atoms with Crippen molar-refractivity contribution >= 4 is 11.9 Å². The number of hydrogen-bond acceptors (Lipinski definition) is 6. The maximum atomic E-state index is 11.9. The molecule has 0 atom stereocenters. The van der Waals surface area contributed by atoms with Crippen LogP contribution in [-0.2, 0) is 38.3 Å². The molecule has 6 heteroatoms. The molecule has 0 spiro atoms. The van der Waals surface area contributed by atoms with Gasteiger partial charge in [0.1, 0.15) is 0 Å². The summed E-state index contributed by atoms with van der Waals surface area (Å²) in [5.41, 5.74) is 16.9. The third-order valence-electron chi connectivity index (χ3n) is 5.73. The second-order valence-electron chi connectivity index (χ2n) is 8.58. The molecule has 0 fully saturated rings. The minimum Gasteiger partial charge on any atom is -0.462 e. The van der Waals surface area contributed by atoms with E-state index >= 15 is 0 Å². The third kappa shape index (κ3) is 9.51. The zero-order valence-electron chi connectivity index (χ0n) is 20.8. The van der Waals surface area contributed by atoms with Crippen LogP contribution in [0.15, 0.2) is 66.8 Å². The van der Waals surface area contributed by atoms with Gasteiger partial charge in [-0.3, -0.25) is 0 Å². The Kier molecular flexibility index (Phi) is 11.9. The minimum atomic E-state index is -0.477. The quantitative estimate of drug-likeness (QED) is 0.225. The molecule has 0 amide bonds. The summed E-state index contributed by atoms with van der Waals surface area (Å²) in [5, 5.41) is 0. The van der Waals surface area contributed by atoms with Crippen molar-refractivity contribution in [3.8, 4) is 11.1 Å². The third-order valence-corrected chi connectivity index (χ3v) is 5.73. The van der Waals surface area contributed by atoms with E-state index in [1.165, 1.54) is 24.8 Å². The van der Waals surface area contributed by atoms with E-state index in [0.29, 0.717) is 12.8 Å². The molecule has 0 heterocycles. The maximum absolute atomic E-state index is 11.9. The van der Waals surface area contributed by atoms with Gasteiger partial charge in [-0.2, -0.15) is 0 Å². The van der Waals surface area contributed by atoms with Crippen LogP contribution in [0.4, 0.5) is 0 Å². The van der Waals surface area contributed by atoms with Crippen molar-refractivity contribution in [1.82, 2.24) is 0 Å². The Balaban J connectivity index is 2.15. The molecule has 2 aromatic carbocycles. The fourth-order valence-electron chi connectivity index (χ4n) is 3.55. The van der Waals surface area contributed by atoms with Gasteiger partial charge in [0.15, 0.2) is 0 Å². The number of unbranched alkanes of at least 4 members (excludes halogenated alkanes) is 2. The highest BCUT2D eigenvalue weighted by molar-refractivity contribution is 5.88. The van der Waals surface area contributed by atoms with Crippen molar-refractivity contribution in [2.75, 3.05) is 26.3 Å². The van der Waals surface area contributed by atoms with Crippen molar-refractivity contribution in [3.63, 3.8) is 0 Å². The number of aryl methyl sites for hydroxylation is 1. The number of nitrogens with two attached hydrogens (primary N) is 2. The van der Waals surface area contributed by atoms with Gasteiger partial charge < -0.3 is 20.9 Å². The second kappa shape index (κ2) is 14.9. The fourth-order valence-corrected chi connectivity index (χ4v) is 3.55. The lowest BCUT2D eigenvalue weighted by atomic mass is 9.96. The number of carbonyl (C=O) groups is 2. The first-order valence-corrected chi connectivity index (χ1v) is 12.2. The highest BCUT2D eigenvalue weighted by Gasteiger charge is 2.10. The highest BCUT2D eigenvalue weighted by atomic mass is 16.5. The van der Waals surface area contributed by atoms with Crippen LogP contribution in [0.25, 0.3) is 11.1 Å². The van der Waals surface area contributed by atoms with Gasteiger partial charge in [-0.25, -0.2) is 9.59 Å². The van der Waals surface area contributed by atoms with Crippen LogP contribution in [0, 0.1) is 0 Å². The average Bonchev–Trinajstić information content (AvgIpc) is 2.88. The first-order chi connectivity index (χ1) is 16.9. The van der Waals surface area contributed by atoms with Gasteiger partial charge in [0.05, 0.1) is 13.2 Å². The number of esters is 2. The van der Waals surface area contributed by atoms with E-state index in [1.54, 1.807) is 0 Å². The molecule has 4 N–H and O–H groups in total. The Labute approximate surface area is 209 Å². The minimum absolute atomic E-state index is 0.0716.